The molecule has 0 aliphatic carbocycles. The van der Waals surface area contributed by atoms with Crippen LogP contribution in [0.1, 0.15) is 66.9 Å². The van der Waals surface area contributed by atoms with Gasteiger partial charge < -0.3 is 19.5 Å². The van der Waals surface area contributed by atoms with E-state index >= 15 is 0 Å². The van der Waals surface area contributed by atoms with E-state index in [1.54, 1.807) is 24.3 Å². The van der Waals surface area contributed by atoms with Crippen LogP contribution in [0.15, 0.2) is 72.8 Å². The van der Waals surface area contributed by atoms with E-state index in [2.05, 4.69) is 24.4 Å². The summed E-state index contributed by atoms with van der Waals surface area (Å²) in [5.41, 5.74) is 1.31. The predicted molar refractivity (Wildman–Crippen MR) is 151 cm³/mol. The maximum absolute atomic E-state index is 13.0. The third-order valence-corrected chi connectivity index (χ3v) is 6.32. The Morgan fingerprint density at radius 1 is 0.800 bits per heavy atom. The minimum atomic E-state index is -4.46. The summed E-state index contributed by atoms with van der Waals surface area (Å²) in [6, 6.07) is 19.4. The molecule has 1 N–H and O–H groups in total. The molecule has 0 aliphatic heterocycles. The van der Waals surface area contributed by atoms with Gasteiger partial charge in [-0.1, -0.05) is 69.4 Å². The Morgan fingerprint density at radius 3 is 2.30 bits per heavy atom. The Kier molecular flexibility index (Phi) is 12.8. The second-order valence-electron chi connectivity index (χ2n) is 9.51. The number of hydrogen-bond acceptors (Lipinski definition) is 5. The number of aryl methyl sites for hydroxylation is 1. The van der Waals surface area contributed by atoms with Crippen LogP contribution in [0.25, 0.3) is 0 Å². The first-order chi connectivity index (χ1) is 19.4. The maximum atomic E-state index is 13.0. The fourth-order valence-electron chi connectivity index (χ4n) is 4.15. The molecule has 0 saturated carbocycles. The molecule has 3 rings (SSSR count). The van der Waals surface area contributed by atoms with E-state index in [9.17, 15) is 18.0 Å². The van der Waals surface area contributed by atoms with Crippen LogP contribution in [0.5, 0.6) is 5.75 Å². The van der Waals surface area contributed by atoms with Gasteiger partial charge in [0.2, 0.25) is 0 Å². The number of ether oxygens (including phenoxy) is 3. The van der Waals surface area contributed by atoms with Crippen LogP contribution >= 0.6 is 0 Å². The maximum Gasteiger partial charge on any atom is 0.416 e. The molecule has 40 heavy (non-hydrogen) atoms. The molecule has 0 aliphatic rings. The molecule has 0 heterocycles. The van der Waals surface area contributed by atoms with Crippen LogP contribution in [0.2, 0.25) is 0 Å². The van der Waals surface area contributed by atoms with Crippen LogP contribution in [0.3, 0.4) is 0 Å². The monoisotopic (exact) mass is 557 g/mol. The number of anilines is 2. The SMILES string of the molecule is CCCCCCCCc1ccc(OCCOCCOC(=O)c2ccccc2Nc2cccc(C(F)(F)F)c2)cc1. The van der Waals surface area contributed by atoms with Crippen molar-refractivity contribution in [1.29, 1.82) is 0 Å². The summed E-state index contributed by atoms with van der Waals surface area (Å²) >= 11 is 0. The van der Waals surface area contributed by atoms with Gasteiger partial charge in [0.1, 0.15) is 19.0 Å². The highest BCUT2D eigenvalue weighted by Gasteiger charge is 2.30. The first kappa shape index (κ1) is 31.0. The van der Waals surface area contributed by atoms with Crippen molar-refractivity contribution >= 4 is 17.3 Å². The Hall–Kier alpha value is -3.52. The van der Waals surface area contributed by atoms with Crippen molar-refractivity contribution in [3.8, 4) is 5.75 Å². The average Bonchev–Trinajstić information content (AvgIpc) is 2.95. The third kappa shape index (κ3) is 10.9. The number of halogens is 3. The summed E-state index contributed by atoms with van der Waals surface area (Å²) in [4.78, 5) is 12.6. The molecule has 0 spiro atoms. The zero-order chi connectivity index (χ0) is 28.6. The van der Waals surface area contributed by atoms with Crippen molar-refractivity contribution in [3.63, 3.8) is 0 Å². The molecule has 0 atom stereocenters. The number of unbranched alkanes of at least 4 members (excludes halogenated alkanes) is 5. The fraction of sp³-hybridized carbons (Fsp3) is 0.406. The van der Waals surface area contributed by atoms with Gasteiger partial charge in [-0.3, -0.25) is 0 Å². The number of alkyl halides is 3. The molecule has 0 fully saturated rings. The zero-order valence-electron chi connectivity index (χ0n) is 23.0. The lowest BCUT2D eigenvalue weighted by molar-refractivity contribution is -0.137. The molecule has 0 bridgehead atoms. The van der Waals surface area contributed by atoms with E-state index < -0.39 is 17.7 Å². The number of rotatable bonds is 17. The highest BCUT2D eigenvalue weighted by atomic mass is 19.4. The summed E-state index contributed by atoms with van der Waals surface area (Å²) in [5.74, 6) is 0.183. The minimum Gasteiger partial charge on any atom is -0.491 e. The molecule has 8 heteroatoms. The van der Waals surface area contributed by atoms with Crippen molar-refractivity contribution in [2.45, 2.75) is 58.0 Å². The predicted octanol–water partition coefficient (Wildman–Crippen LogP) is 8.60. The van der Waals surface area contributed by atoms with Crippen molar-refractivity contribution in [2.24, 2.45) is 0 Å². The van der Waals surface area contributed by atoms with E-state index in [1.165, 1.54) is 56.2 Å². The van der Waals surface area contributed by atoms with E-state index in [0.717, 1.165) is 24.3 Å². The Morgan fingerprint density at radius 2 is 1.52 bits per heavy atom. The van der Waals surface area contributed by atoms with Crippen LogP contribution in [0.4, 0.5) is 24.5 Å². The van der Waals surface area contributed by atoms with Gasteiger partial charge in [-0.2, -0.15) is 13.2 Å². The second-order valence-corrected chi connectivity index (χ2v) is 9.51. The second kappa shape index (κ2) is 16.6. The number of nitrogens with one attached hydrogen (secondary N) is 1. The summed E-state index contributed by atoms with van der Waals surface area (Å²) < 4.78 is 55.6. The van der Waals surface area contributed by atoms with Crippen molar-refractivity contribution < 1.29 is 32.2 Å². The lowest BCUT2D eigenvalue weighted by atomic mass is 10.0. The number of hydrogen-bond donors (Lipinski definition) is 1. The largest absolute Gasteiger partial charge is 0.491 e. The van der Waals surface area contributed by atoms with Gasteiger partial charge in [-0.15, -0.1) is 0 Å². The van der Waals surface area contributed by atoms with Gasteiger partial charge in [0.05, 0.1) is 30.0 Å². The topological polar surface area (TPSA) is 56.8 Å². The Labute approximate surface area is 234 Å². The van der Waals surface area contributed by atoms with Crippen molar-refractivity contribution in [1.82, 2.24) is 0 Å². The van der Waals surface area contributed by atoms with Crippen LogP contribution in [-0.2, 0) is 22.1 Å². The number of benzene rings is 3. The molecule has 0 aromatic heterocycles. The van der Waals surface area contributed by atoms with Gasteiger partial charge in [0, 0.05) is 5.69 Å². The number of para-hydroxylation sites is 1. The Bertz CT molecular complexity index is 1170. The summed E-state index contributed by atoms with van der Waals surface area (Å²) in [7, 11) is 0. The number of esters is 1. The molecule has 0 saturated heterocycles. The van der Waals surface area contributed by atoms with Crippen LogP contribution in [-0.4, -0.2) is 32.4 Å². The van der Waals surface area contributed by atoms with E-state index in [1.807, 2.05) is 12.1 Å². The molecule has 5 nitrogen and oxygen atoms in total. The summed E-state index contributed by atoms with van der Waals surface area (Å²) in [5, 5.41) is 2.87. The lowest BCUT2D eigenvalue weighted by Crippen LogP contribution is -2.14. The van der Waals surface area contributed by atoms with E-state index in [-0.39, 0.29) is 24.5 Å². The van der Waals surface area contributed by atoms with Crippen LogP contribution in [0, 0.1) is 0 Å². The van der Waals surface area contributed by atoms with E-state index in [0.29, 0.717) is 18.9 Å². The van der Waals surface area contributed by atoms with E-state index in [4.69, 9.17) is 14.2 Å². The summed E-state index contributed by atoms with van der Waals surface area (Å²) in [6.45, 7) is 3.16. The summed E-state index contributed by atoms with van der Waals surface area (Å²) in [6.07, 6.45) is 4.33. The molecular weight excluding hydrogens is 519 g/mol. The Balaban J connectivity index is 1.33. The zero-order valence-corrected chi connectivity index (χ0v) is 23.0. The van der Waals surface area contributed by atoms with Gasteiger partial charge >= 0.3 is 12.1 Å². The van der Waals surface area contributed by atoms with Crippen molar-refractivity contribution in [2.75, 3.05) is 31.7 Å². The normalized spacial score (nSPS) is 11.3. The molecule has 0 unspecified atom stereocenters. The quantitative estimate of drug-likeness (QED) is 0.133. The lowest BCUT2D eigenvalue weighted by Gasteiger charge is -2.14. The van der Waals surface area contributed by atoms with Gasteiger partial charge in [-0.05, 0) is 60.9 Å². The number of carbonyl (C=O) groups excluding carboxylic acids is 1. The van der Waals surface area contributed by atoms with Gasteiger partial charge in [0.25, 0.3) is 0 Å². The van der Waals surface area contributed by atoms with Gasteiger partial charge in [0.15, 0.2) is 0 Å². The molecule has 0 radical (unpaired) electrons. The molecule has 0 amide bonds. The van der Waals surface area contributed by atoms with Crippen LogP contribution < -0.4 is 10.1 Å². The molecular formula is C32H38F3NO4. The standard InChI is InChI=1S/C32H38F3NO4/c1-2-3-4-5-6-7-11-25-16-18-28(19-17-25)39-22-20-38-21-23-40-31(37)29-14-8-9-15-30(29)36-27-13-10-12-26(24-27)32(33,34)35/h8-10,12-19,24,36H,2-7,11,20-23H2,1H3. The first-order valence-corrected chi connectivity index (χ1v) is 13.9. The molecule has 3 aromatic rings. The smallest absolute Gasteiger partial charge is 0.416 e. The first-order valence-electron chi connectivity index (χ1n) is 13.9. The third-order valence-electron chi connectivity index (χ3n) is 6.32. The molecule has 3 aromatic carbocycles. The molecule has 216 valence electrons. The minimum absolute atomic E-state index is 0.0316. The van der Waals surface area contributed by atoms with Gasteiger partial charge in [-0.25, -0.2) is 4.79 Å². The van der Waals surface area contributed by atoms with Crippen molar-refractivity contribution in [3.05, 3.63) is 89.5 Å². The average molecular weight is 558 g/mol. The number of carbonyl (C=O) groups is 1. The fourth-order valence-corrected chi connectivity index (χ4v) is 4.15. The highest BCUT2D eigenvalue weighted by Crippen LogP contribution is 2.32. The highest BCUT2D eigenvalue weighted by molar-refractivity contribution is 5.96.